The van der Waals surface area contributed by atoms with E-state index in [-0.39, 0.29) is 17.8 Å². The fraction of sp³-hybridized carbons (Fsp3) is 0.231. The van der Waals surface area contributed by atoms with Crippen molar-refractivity contribution >= 4 is 46.5 Å². The van der Waals surface area contributed by atoms with Gasteiger partial charge in [0.1, 0.15) is 10.0 Å². The quantitative estimate of drug-likeness (QED) is 0.751. The van der Waals surface area contributed by atoms with Gasteiger partial charge in [-0.1, -0.05) is 28.3 Å². The van der Waals surface area contributed by atoms with E-state index in [1.54, 1.807) is 16.8 Å². The lowest BCUT2D eigenvalue weighted by Gasteiger charge is -2.02. The number of amides is 1. The average Bonchev–Trinajstić information content (AvgIpc) is 3.18. The largest absolute Gasteiger partial charge is 0.403 e. The highest BCUT2D eigenvalue weighted by Crippen LogP contribution is 2.37. The minimum atomic E-state index is -0.378. The van der Waals surface area contributed by atoms with Crippen LogP contribution in [0.3, 0.4) is 0 Å². The second-order valence-corrected chi connectivity index (χ2v) is 6.88. The van der Waals surface area contributed by atoms with Crippen LogP contribution >= 0.6 is 34.5 Å². The lowest BCUT2D eigenvalue weighted by molar-refractivity contribution is 0.101. The fourth-order valence-corrected chi connectivity index (χ4v) is 3.45. The summed E-state index contributed by atoms with van der Waals surface area (Å²) in [5.74, 6) is -0.189. The van der Waals surface area contributed by atoms with Crippen LogP contribution in [0.1, 0.15) is 23.1 Å². The van der Waals surface area contributed by atoms with E-state index < -0.39 is 0 Å². The van der Waals surface area contributed by atoms with Gasteiger partial charge in [0, 0.05) is 6.54 Å². The van der Waals surface area contributed by atoms with Gasteiger partial charge in [0.15, 0.2) is 0 Å². The zero-order chi connectivity index (χ0) is 16.6. The number of aryl methyl sites for hydroxylation is 2. The minimum Gasteiger partial charge on any atom is -0.403 e. The maximum absolute atomic E-state index is 12.3. The lowest BCUT2D eigenvalue weighted by atomic mass is 10.3. The van der Waals surface area contributed by atoms with E-state index >= 15 is 0 Å². The Bertz CT molecular complexity index is 870. The molecular formula is C13H11Cl2N5O2S. The van der Waals surface area contributed by atoms with Gasteiger partial charge in [-0.05, 0) is 26.0 Å². The maximum atomic E-state index is 12.3. The molecule has 3 rings (SSSR count). The van der Waals surface area contributed by atoms with Crippen molar-refractivity contribution in [1.82, 2.24) is 20.0 Å². The highest BCUT2D eigenvalue weighted by molar-refractivity contribution is 7.20. The molecule has 3 aromatic heterocycles. The summed E-state index contributed by atoms with van der Waals surface area (Å²) in [6.07, 6.45) is 0. The molecule has 0 aliphatic rings. The summed E-state index contributed by atoms with van der Waals surface area (Å²) in [5.41, 5.74) is 1.70. The molecule has 0 bridgehead atoms. The van der Waals surface area contributed by atoms with Crippen LogP contribution < -0.4 is 5.32 Å². The first-order chi connectivity index (χ1) is 11.0. The third-order valence-corrected chi connectivity index (χ3v) is 4.45. The summed E-state index contributed by atoms with van der Waals surface area (Å²) in [6.45, 7) is 4.29. The summed E-state index contributed by atoms with van der Waals surface area (Å²) in [4.78, 5) is 12.3. The second-order valence-electron chi connectivity index (χ2n) is 4.59. The van der Waals surface area contributed by atoms with Crippen molar-refractivity contribution in [2.45, 2.75) is 20.4 Å². The number of nitrogens with one attached hydrogen (secondary N) is 1. The highest BCUT2D eigenvalue weighted by Gasteiger charge is 2.19. The number of anilines is 1. The number of nitrogens with zero attached hydrogens (tertiary/aromatic N) is 4. The molecule has 10 heteroatoms. The highest BCUT2D eigenvalue weighted by atomic mass is 35.5. The molecule has 0 unspecified atom stereocenters. The molecule has 0 aliphatic heterocycles. The van der Waals surface area contributed by atoms with Crippen molar-refractivity contribution in [1.29, 1.82) is 0 Å². The van der Waals surface area contributed by atoms with Crippen LogP contribution in [0, 0.1) is 6.92 Å². The molecule has 0 saturated heterocycles. The Labute approximate surface area is 145 Å². The molecule has 1 N–H and O–H groups in total. The van der Waals surface area contributed by atoms with E-state index in [0.717, 1.165) is 5.69 Å². The fourth-order valence-electron chi connectivity index (χ4n) is 2.00. The van der Waals surface area contributed by atoms with E-state index in [2.05, 4.69) is 20.6 Å². The Hall–Kier alpha value is -1.90. The first kappa shape index (κ1) is 16.0. The van der Waals surface area contributed by atoms with Gasteiger partial charge in [-0.15, -0.1) is 16.4 Å². The van der Waals surface area contributed by atoms with Crippen LogP contribution in [0.4, 0.5) is 6.01 Å². The number of thiophene rings is 1. The number of aromatic nitrogens is 4. The smallest absolute Gasteiger partial charge is 0.322 e. The summed E-state index contributed by atoms with van der Waals surface area (Å²) < 4.78 is 7.96. The molecule has 0 spiro atoms. The molecule has 0 saturated carbocycles. The van der Waals surface area contributed by atoms with Gasteiger partial charge in [0.25, 0.3) is 11.8 Å². The van der Waals surface area contributed by atoms with Gasteiger partial charge >= 0.3 is 6.01 Å². The van der Waals surface area contributed by atoms with Gasteiger partial charge in [-0.2, -0.15) is 5.10 Å². The van der Waals surface area contributed by atoms with Crippen molar-refractivity contribution < 1.29 is 9.21 Å². The van der Waals surface area contributed by atoms with Crippen LogP contribution in [0.2, 0.25) is 8.67 Å². The number of rotatable bonds is 4. The monoisotopic (exact) mass is 371 g/mol. The molecule has 0 aliphatic carbocycles. The third-order valence-electron chi connectivity index (χ3n) is 2.97. The molecule has 3 heterocycles. The summed E-state index contributed by atoms with van der Waals surface area (Å²) >= 11 is 13.1. The Morgan fingerprint density at radius 2 is 2.17 bits per heavy atom. The summed E-state index contributed by atoms with van der Waals surface area (Å²) in [5, 5.41) is 14.4. The molecule has 0 fully saturated rings. The summed E-state index contributed by atoms with van der Waals surface area (Å²) in [6, 6.07) is 3.29. The Morgan fingerprint density at radius 3 is 2.83 bits per heavy atom. The third kappa shape index (κ3) is 3.24. The van der Waals surface area contributed by atoms with Crippen molar-refractivity contribution in [3.63, 3.8) is 0 Å². The normalized spacial score (nSPS) is 11.0. The van der Waals surface area contributed by atoms with Gasteiger partial charge < -0.3 is 4.42 Å². The van der Waals surface area contributed by atoms with Crippen LogP contribution in [0.5, 0.6) is 0 Å². The Kier molecular flexibility index (Phi) is 4.38. The van der Waals surface area contributed by atoms with Crippen LogP contribution in [0.15, 0.2) is 16.5 Å². The molecule has 0 aromatic carbocycles. The van der Waals surface area contributed by atoms with Crippen molar-refractivity contribution in [2.24, 2.45) is 0 Å². The zero-order valence-electron chi connectivity index (χ0n) is 12.1. The Morgan fingerprint density at radius 1 is 1.39 bits per heavy atom. The predicted octanol–water partition coefficient (Wildman–Crippen LogP) is 3.88. The molecule has 1 amide bonds. The number of halogens is 2. The molecule has 0 atom stereocenters. The van der Waals surface area contributed by atoms with E-state index in [1.165, 1.54) is 11.3 Å². The molecular weight excluding hydrogens is 361 g/mol. The van der Waals surface area contributed by atoms with E-state index in [4.69, 9.17) is 27.6 Å². The first-order valence-corrected chi connectivity index (χ1v) is 8.19. The average molecular weight is 372 g/mol. The number of carbonyl (C=O) groups is 1. The summed E-state index contributed by atoms with van der Waals surface area (Å²) in [7, 11) is 0. The second kappa shape index (κ2) is 6.31. The van der Waals surface area contributed by atoms with Gasteiger partial charge in [-0.3, -0.25) is 14.8 Å². The minimum absolute atomic E-state index is 0.0232. The molecule has 120 valence electrons. The molecule has 0 radical (unpaired) electrons. The van der Waals surface area contributed by atoms with Crippen LogP contribution in [0.25, 0.3) is 11.5 Å². The SMILES string of the molecule is CCn1nc(C)cc1C(=O)Nc1nnc(-c2cc(Cl)sc2Cl)o1. The predicted molar refractivity (Wildman–Crippen MR) is 88.2 cm³/mol. The standard InChI is InChI=1S/C13H11Cl2N5O2S/c1-3-20-8(4-6(2)19-20)11(21)16-13-18-17-12(22-13)7-5-9(14)23-10(7)15/h4-5H,3H2,1-2H3,(H,16,18,21). The van der Waals surface area contributed by atoms with Crippen LogP contribution in [-0.2, 0) is 6.54 Å². The molecule has 7 nitrogen and oxygen atoms in total. The molecule has 23 heavy (non-hydrogen) atoms. The number of hydrogen-bond donors (Lipinski definition) is 1. The lowest BCUT2D eigenvalue weighted by Crippen LogP contribution is -2.17. The van der Waals surface area contributed by atoms with Crippen LogP contribution in [-0.4, -0.2) is 25.9 Å². The number of hydrogen-bond acceptors (Lipinski definition) is 6. The topological polar surface area (TPSA) is 85.8 Å². The van der Waals surface area contributed by atoms with Gasteiger partial charge in [0.05, 0.1) is 15.6 Å². The van der Waals surface area contributed by atoms with E-state index in [9.17, 15) is 4.79 Å². The first-order valence-electron chi connectivity index (χ1n) is 6.62. The van der Waals surface area contributed by atoms with Gasteiger partial charge in [-0.25, -0.2) is 0 Å². The van der Waals surface area contributed by atoms with E-state index in [0.29, 0.717) is 26.5 Å². The zero-order valence-corrected chi connectivity index (χ0v) is 14.5. The van der Waals surface area contributed by atoms with Gasteiger partial charge in [0.2, 0.25) is 0 Å². The maximum Gasteiger partial charge on any atom is 0.322 e. The van der Waals surface area contributed by atoms with Crippen molar-refractivity contribution in [3.05, 3.63) is 32.2 Å². The van der Waals surface area contributed by atoms with E-state index in [1.807, 2.05) is 13.8 Å². The molecule has 3 aromatic rings. The van der Waals surface area contributed by atoms with Crippen molar-refractivity contribution in [2.75, 3.05) is 5.32 Å². The number of carbonyl (C=O) groups excluding carboxylic acids is 1. The van der Waals surface area contributed by atoms with Crippen molar-refractivity contribution in [3.8, 4) is 11.5 Å². The Balaban J connectivity index is 1.81.